The van der Waals surface area contributed by atoms with Crippen LogP contribution in [0.2, 0.25) is 0 Å². The number of carbonyl (C=O) groups excluding carboxylic acids is 2. The Labute approximate surface area is 416 Å². The van der Waals surface area contributed by atoms with Gasteiger partial charge in [0.1, 0.15) is 17.0 Å². The summed E-state index contributed by atoms with van der Waals surface area (Å²) in [5.41, 5.74) is 9.69. The van der Waals surface area contributed by atoms with E-state index in [2.05, 4.69) is 29.8 Å². The number of unbranched alkanes of at least 4 members (excludes halogenated alkanes) is 26. The maximum Gasteiger partial charge on any atom is 0.324 e. The smallest absolute Gasteiger partial charge is 0.324 e. The third-order valence-corrected chi connectivity index (χ3v) is 13.0. The van der Waals surface area contributed by atoms with Crippen LogP contribution in [0.4, 0.5) is 11.4 Å². The van der Waals surface area contributed by atoms with E-state index in [1.54, 1.807) is 48.5 Å². The van der Waals surface area contributed by atoms with Gasteiger partial charge in [-0.15, -0.1) is 0 Å². The molecule has 9 N–H and O–H groups in total. The third-order valence-electron chi connectivity index (χ3n) is 13.0. The average molecular weight is 966 g/mol. The number of amides is 2. The molecule has 0 saturated carbocycles. The van der Waals surface area contributed by atoms with E-state index in [1.165, 1.54) is 154 Å². The minimum Gasteiger partial charge on any atom is -0.494 e. The molecule has 0 bridgehead atoms. The van der Waals surface area contributed by atoms with Gasteiger partial charge in [0.2, 0.25) is 11.8 Å². The number of nitrogens with one attached hydrogen (secondary N) is 3. The highest BCUT2D eigenvalue weighted by Crippen LogP contribution is 2.29. The van der Waals surface area contributed by atoms with Gasteiger partial charge in [0.25, 0.3) is 0 Å². The van der Waals surface area contributed by atoms with E-state index < -0.39 is 60.6 Å². The number of hydrogen-bond acceptors (Lipinski definition) is 9. The molecule has 0 radical (unpaired) electrons. The molecule has 13 heteroatoms. The Hall–Kier alpha value is -4.20. The molecule has 0 fully saturated rings. The van der Waals surface area contributed by atoms with E-state index in [0.717, 1.165) is 25.7 Å². The van der Waals surface area contributed by atoms with E-state index in [-0.39, 0.29) is 13.0 Å². The van der Waals surface area contributed by atoms with Gasteiger partial charge in [0.05, 0.1) is 26.2 Å². The fourth-order valence-corrected chi connectivity index (χ4v) is 9.06. The highest BCUT2D eigenvalue weighted by Gasteiger charge is 2.46. The van der Waals surface area contributed by atoms with Crippen LogP contribution in [0.25, 0.3) is 0 Å². The minimum atomic E-state index is -1.91. The molecule has 0 aliphatic carbocycles. The summed E-state index contributed by atoms with van der Waals surface area (Å²) in [4.78, 5) is 51.4. The van der Waals surface area contributed by atoms with Crippen LogP contribution in [0, 0.1) is 0 Å². The molecule has 13 nitrogen and oxygen atoms in total. The van der Waals surface area contributed by atoms with E-state index in [4.69, 9.17) is 20.9 Å². The first-order valence-corrected chi connectivity index (χ1v) is 27.2. The van der Waals surface area contributed by atoms with Crippen molar-refractivity contribution in [3.63, 3.8) is 0 Å². The highest BCUT2D eigenvalue weighted by molar-refractivity contribution is 5.93. The number of hydrogen-bond donors (Lipinski definition) is 7. The molecule has 0 aromatic heterocycles. The van der Waals surface area contributed by atoms with Gasteiger partial charge >= 0.3 is 11.9 Å². The fourth-order valence-electron chi connectivity index (χ4n) is 9.06. The van der Waals surface area contributed by atoms with Gasteiger partial charge in [-0.3, -0.25) is 24.5 Å². The Bertz CT molecular complexity index is 1640. The van der Waals surface area contributed by atoms with E-state index in [0.29, 0.717) is 36.1 Å². The van der Waals surface area contributed by atoms with Crippen LogP contribution in [0.5, 0.6) is 11.5 Å². The molecule has 0 spiro atoms. The van der Waals surface area contributed by atoms with E-state index >= 15 is 0 Å². The molecule has 392 valence electrons. The lowest BCUT2D eigenvalue weighted by atomic mass is 9.76. The second-order valence-electron chi connectivity index (χ2n) is 19.6. The molecule has 2 unspecified atom stereocenters. The Morgan fingerprint density at radius 2 is 0.855 bits per heavy atom. The first-order valence-electron chi connectivity index (χ1n) is 27.2. The number of carboxylic acid groups (broad SMARTS) is 2. The third kappa shape index (κ3) is 30.2. The molecular weight excluding hydrogens is 871 g/mol. The van der Waals surface area contributed by atoms with Crippen molar-refractivity contribution in [2.75, 3.05) is 36.9 Å². The quantitative estimate of drug-likeness (QED) is 0.0310. The molecule has 2 atom stereocenters. The van der Waals surface area contributed by atoms with Crippen molar-refractivity contribution in [3.8, 4) is 11.5 Å². The lowest BCUT2D eigenvalue weighted by molar-refractivity contribution is -0.148. The van der Waals surface area contributed by atoms with Crippen LogP contribution >= 0.6 is 0 Å². The van der Waals surface area contributed by atoms with Crippen LogP contribution < -0.4 is 36.9 Å². The van der Waals surface area contributed by atoms with Crippen LogP contribution in [-0.2, 0) is 19.2 Å². The molecule has 2 rings (SSSR count). The Kier molecular flexibility index (Phi) is 34.0. The number of anilines is 2. The first kappa shape index (κ1) is 60.9. The summed E-state index contributed by atoms with van der Waals surface area (Å²) >= 11 is 0. The van der Waals surface area contributed by atoms with Gasteiger partial charge in [0, 0.05) is 23.3 Å². The van der Waals surface area contributed by atoms with Crippen molar-refractivity contribution >= 4 is 35.1 Å². The normalized spacial score (nSPS) is 13.0. The van der Waals surface area contributed by atoms with Gasteiger partial charge < -0.3 is 41.8 Å². The molecule has 0 aliphatic heterocycles. The number of rotatable bonds is 46. The second-order valence-corrected chi connectivity index (χ2v) is 19.6. The Balaban J connectivity index is 1.75. The van der Waals surface area contributed by atoms with Gasteiger partial charge in [-0.25, -0.2) is 0 Å². The maximum absolute atomic E-state index is 13.3. The zero-order chi connectivity index (χ0) is 50.3. The number of nitrogens with two attached hydrogens (primary N) is 2. The van der Waals surface area contributed by atoms with Crippen molar-refractivity contribution in [2.24, 2.45) is 11.5 Å². The van der Waals surface area contributed by atoms with Crippen molar-refractivity contribution in [3.05, 3.63) is 48.5 Å². The SMILES string of the molecule is CCCCCCCCCCCCCCCCOc1ccc(NC(=O)CNC(CCN)(CC(N)(CC(=O)O)CC(=O)Nc2ccc(OCCCCCCCCCCCCCCCC)cc2)C(=O)O)cc1. The molecule has 2 amide bonds. The zero-order valence-corrected chi connectivity index (χ0v) is 43.1. The molecule has 0 heterocycles. The summed E-state index contributed by atoms with van der Waals surface area (Å²) in [5.74, 6) is -2.44. The van der Waals surface area contributed by atoms with Crippen molar-refractivity contribution in [1.82, 2.24) is 5.32 Å². The zero-order valence-electron chi connectivity index (χ0n) is 43.1. The average Bonchev–Trinajstić information content (AvgIpc) is 3.31. The first-order chi connectivity index (χ1) is 33.4. The number of ether oxygens (including phenoxy) is 2. The van der Waals surface area contributed by atoms with Gasteiger partial charge in [-0.05, 0) is 80.8 Å². The lowest BCUT2D eigenvalue weighted by Crippen LogP contribution is -2.62. The molecule has 0 aliphatic rings. The molecule has 0 saturated heterocycles. The fraction of sp³-hybridized carbons (Fsp3) is 0.714. The largest absolute Gasteiger partial charge is 0.494 e. The van der Waals surface area contributed by atoms with E-state index in [9.17, 15) is 29.4 Å². The summed E-state index contributed by atoms with van der Waals surface area (Å²) in [5, 5.41) is 28.6. The summed E-state index contributed by atoms with van der Waals surface area (Å²) in [7, 11) is 0. The highest BCUT2D eigenvalue weighted by atomic mass is 16.5. The minimum absolute atomic E-state index is 0.106. The Morgan fingerprint density at radius 3 is 1.19 bits per heavy atom. The standard InChI is InChI=1S/C56H95N5O8/c1-3-5-7-9-11-13-15-17-19-21-23-25-27-29-41-68-49-35-31-47(32-36-49)60-51(62)43-55(58,44-53(64)65)46-56(39-40-57,54(66)67)59-45-52(63)61-48-33-37-50(38-34-48)69-42-30-28-26-24-22-20-18-16-14-12-10-8-6-4-2/h31-38,59H,3-30,39-46,57-58H2,1-2H3,(H,60,62)(H,61,63)(H,64,65)(H,66,67). The topological polar surface area (TPSA) is 215 Å². The van der Waals surface area contributed by atoms with Crippen molar-refractivity contribution in [2.45, 2.75) is 230 Å². The van der Waals surface area contributed by atoms with Gasteiger partial charge in [-0.1, -0.05) is 181 Å². The predicted octanol–water partition coefficient (Wildman–Crippen LogP) is 12.7. The molecule has 69 heavy (non-hydrogen) atoms. The van der Waals surface area contributed by atoms with Crippen molar-refractivity contribution < 1.29 is 38.9 Å². The molecular formula is C56H95N5O8. The Morgan fingerprint density at radius 1 is 0.507 bits per heavy atom. The van der Waals surface area contributed by atoms with Crippen molar-refractivity contribution in [1.29, 1.82) is 0 Å². The molecule has 2 aromatic rings. The van der Waals surface area contributed by atoms with Crippen LogP contribution in [0.1, 0.15) is 219 Å². The predicted molar refractivity (Wildman–Crippen MR) is 282 cm³/mol. The monoisotopic (exact) mass is 966 g/mol. The maximum atomic E-state index is 13.3. The van der Waals surface area contributed by atoms with Crippen LogP contribution in [0.3, 0.4) is 0 Å². The van der Waals surface area contributed by atoms with Gasteiger partial charge in [-0.2, -0.15) is 0 Å². The summed E-state index contributed by atoms with van der Waals surface area (Å²) < 4.78 is 11.8. The summed E-state index contributed by atoms with van der Waals surface area (Å²) in [6, 6.07) is 13.8. The molecule has 2 aromatic carbocycles. The van der Waals surface area contributed by atoms with Crippen LogP contribution in [-0.4, -0.2) is 71.3 Å². The number of carboxylic acids is 2. The van der Waals surface area contributed by atoms with E-state index in [1.807, 2.05) is 0 Å². The number of benzene rings is 2. The summed E-state index contributed by atoms with van der Waals surface area (Å²) in [6.45, 7) is 5.18. The summed E-state index contributed by atoms with van der Waals surface area (Å²) in [6.07, 6.45) is 34.3. The second kappa shape index (κ2) is 38.5. The number of aliphatic carboxylic acids is 2. The van der Waals surface area contributed by atoms with Crippen LogP contribution in [0.15, 0.2) is 48.5 Å². The van der Waals surface area contributed by atoms with Gasteiger partial charge in [0.15, 0.2) is 0 Å². The lowest BCUT2D eigenvalue weighted by Gasteiger charge is -2.38. The number of carbonyl (C=O) groups is 4.